The van der Waals surface area contributed by atoms with Crippen LogP contribution >= 0.6 is 0 Å². The van der Waals surface area contributed by atoms with Crippen molar-refractivity contribution >= 4 is 0 Å². The second kappa shape index (κ2) is 14.2. The molecule has 0 N–H and O–H groups in total. The van der Waals surface area contributed by atoms with Gasteiger partial charge in [-0.25, -0.2) is 0 Å². The average Bonchev–Trinajstić information content (AvgIpc) is 3.64. The van der Waals surface area contributed by atoms with Gasteiger partial charge in [0, 0.05) is 30.7 Å². The quantitative estimate of drug-likeness (QED) is 0.169. The molecule has 0 radical (unpaired) electrons. The lowest BCUT2D eigenvalue weighted by Gasteiger charge is -2.35. The smallest absolute Gasteiger partial charge is 0.231 e. The zero-order valence-corrected chi connectivity index (χ0v) is 30.0. The third kappa shape index (κ3) is 6.22. The molecule has 0 saturated carbocycles. The molecular formula is C40H46N2O8. The van der Waals surface area contributed by atoms with Gasteiger partial charge in [-0.2, -0.15) is 0 Å². The maximum Gasteiger partial charge on any atom is 0.231 e. The van der Waals surface area contributed by atoms with Gasteiger partial charge in [0.05, 0.1) is 35.5 Å². The van der Waals surface area contributed by atoms with Crippen molar-refractivity contribution in [2.75, 3.05) is 69.5 Å². The highest BCUT2D eigenvalue weighted by Gasteiger charge is 2.34. The van der Waals surface area contributed by atoms with Crippen molar-refractivity contribution in [3.05, 3.63) is 88.0 Å². The van der Waals surface area contributed by atoms with Gasteiger partial charge in [-0.15, -0.1) is 0 Å². The molecule has 10 nitrogen and oxygen atoms in total. The van der Waals surface area contributed by atoms with Crippen molar-refractivity contribution < 1.29 is 37.9 Å². The van der Waals surface area contributed by atoms with Gasteiger partial charge in [0.2, 0.25) is 18.3 Å². The van der Waals surface area contributed by atoms with Crippen LogP contribution in [0.25, 0.3) is 0 Å². The van der Waals surface area contributed by atoms with E-state index in [1.807, 2.05) is 18.2 Å². The summed E-state index contributed by atoms with van der Waals surface area (Å²) in [5.41, 5.74) is 7.21. The molecular weight excluding hydrogens is 636 g/mol. The highest BCUT2D eigenvalue weighted by Crippen LogP contribution is 2.50. The Morgan fingerprint density at radius 2 is 1.20 bits per heavy atom. The molecule has 3 aliphatic heterocycles. The van der Waals surface area contributed by atoms with Gasteiger partial charge in [0.15, 0.2) is 34.5 Å². The molecule has 2 atom stereocenters. The van der Waals surface area contributed by atoms with E-state index >= 15 is 0 Å². The highest BCUT2D eigenvalue weighted by molar-refractivity contribution is 5.62. The van der Waals surface area contributed by atoms with Gasteiger partial charge in [-0.05, 0) is 110 Å². The summed E-state index contributed by atoms with van der Waals surface area (Å²) >= 11 is 0. The fourth-order valence-electron chi connectivity index (χ4n) is 7.63. The average molecular weight is 683 g/mol. The van der Waals surface area contributed by atoms with E-state index in [2.05, 4.69) is 60.3 Å². The van der Waals surface area contributed by atoms with Crippen LogP contribution in [-0.2, 0) is 25.7 Å². The molecule has 10 heteroatoms. The van der Waals surface area contributed by atoms with E-state index in [-0.39, 0.29) is 18.9 Å². The van der Waals surface area contributed by atoms with Crippen molar-refractivity contribution in [1.29, 1.82) is 0 Å². The zero-order valence-electron chi connectivity index (χ0n) is 30.0. The summed E-state index contributed by atoms with van der Waals surface area (Å²) in [4.78, 5) is 4.78. The Balaban J connectivity index is 1.13. The van der Waals surface area contributed by atoms with E-state index in [0.717, 1.165) is 61.6 Å². The maximum atomic E-state index is 6.53. The van der Waals surface area contributed by atoms with E-state index in [9.17, 15) is 0 Å². The first-order valence-corrected chi connectivity index (χ1v) is 17.0. The number of methoxy groups -OCH3 is 5. The molecule has 0 fully saturated rings. The first-order valence-electron chi connectivity index (χ1n) is 17.0. The first-order chi connectivity index (χ1) is 24.3. The lowest BCUT2D eigenvalue weighted by atomic mass is 9.88. The maximum absolute atomic E-state index is 6.53. The van der Waals surface area contributed by atoms with Crippen LogP contribution < -0.4 is 37.9 Å². The van der Waals surface area contributed by atoms with E-state index < -0.39 is 0 Å². The topological polar surface area (TPSA) is 80.3 Å². The number of hydrogen-bond acceptors (Lipinski definition) is 10. The Labute approximate surface area is 294 Å². The van der Waals surface area contributed by atoms with E-state index in [0.29, 0.717) is 34.5 Å². The molecule has 0 spiro atoms. The van der Waals surface area contributed by atoms with Gasteiger partial charge < -0.3 is 37.9 Å². The molecule has 3 heterocycles. The zero-order chi connectivity index (χ0) is 34.9. The Morgan fingerprint density at radius 1 is 0.600 bits per heavy atom. The summed E-state index contributed by atoms with van der Waals surface area (Å²) < 4.78 is 46.7. The Bertz CT molecular complexity index is 1860. The molecule has 7 rings (SSSR count). The van der Waals surface area contributed by atoms with Gasteiger partial charge in [-0.1, -0.05) is 12.1 Å². The van der Waals surface area contributed by atoms with Gasteiger partial charge in [0.1, 0.15) is 5.75 Å². The summed E-state index contributed by atoms with van der Waals surface area (Å²) in [7, 11) is 12.7. The van der Waals surface area contributed by atoms with Crippen LogP contribution in [0.4, 0.5) is 0 Å². The number of hydrogen-bond donors (Lipinski definition) is 0. The summed E-state index contributed by atoms with van der Waals surface area (Å²) in [6.45, 7) is 2.10. The normalized spacial score (nSPS) is 18.2. The van der Waals surface area contributed by atoms with Crippen LogP contribution in [0.1, 0.15) is 45.5 Å². The van der Waals surface area contributed by atoms with Crippen LogP contribution in [0, 0.1) is 0 Å². The molecule has 0 bridgehead atoms. The minimum atomic E-state index is 0.131. The molecule has 4 aromatic rings. The summed E-state index contributed by atoms with van der Waals surface area (Å²) in [5, 5.41) is 0. The number of nitrogens with zero attached hydrogens (tertiary/aromatic N) is 2. The molecule has 0 saturated heterocycles. The minimum Gasteiger partial charge on any atom is -0.493 e. The van der Waals surface area contributed by atoms with E-state index in [4.69, 9.17) is 37.9 Å². The molecule has 4 aromatic carbocycles. The molecule has 0 aliphatic carbocycles. The SMILES string of the molecule is COc1cc2c(cc1OC)[C@H](Cc1cc(OC)c(OC)c(Oc3ccc(C[C@@H]4c5cc(OC)c6c(c5CCN4C)OCO6)cc3)c1)N(C)CC2. The van der Waals surface area contributed by atoms with Crippen molar-refractivity contribution in [3.63, 3.8) is 0 Å². The Morgan fingerprint density at radius 3 is 1.90 bits per heavy atom. The molecule has 0 aromatic heterocycles. The molecule has 3 aliphatic rings. The lowest BCUT2D eigenvalue weighted by Crippen LogP contribution is -2.33. The third-order valence-electron chi connectivity index (χ3n) is 10.4. The van der Waals surface area contributed by atoms with Crippen LogP contribution in [0.2, 0.25) is 0 Å². The van der Waals surface area contributed by atoms with Crippen molar-refractivity contribution in [3.8, 4) is 51.7 Å². The standard InChI is InChI=1S/C40H46N2O8/c1-41-14-12-26-20-33(43-3)34(44-4)21-29(26)31(41)17-25-18-35(45-5)39(47-7)37(19-25)50-27-10-8-24(9-11-27)16-32-30-22-36(46-6)40-38(48-23-49-40)28(30)13-15-42(32)2/h8-11,18-22,31-32H,12-17,23H2,1-7H3/t31-,32+/m0/s1. The monoisotopic (exact) mass is 682 g/mol. The molecule has 50 heavy (non-hydrogen) atoms. The number of benzene rings is 4. The highest BCUT2D eigenvalue weighted by atomic mass is 16.7. The fourth-order valence-corrected chi connectivity index (χ4v) is 7.63. The Hall–Kier alpha value is -4.80. The van der Waals surface area contributed by atoms with Gasteiger partial charge >= 0.3 is 0 Å². The second-order valence-corrected chi connectivity index (χ2v) is 13.1. The minimum absolute atomic E-state index is 0.131. The van der Waals surface area contributed by atoms with Crippen LogP contribution in [0.5, 0.6) is 51.7 Å². The van der Waals surface area contributed by atoms with Crippen LogP contribution in [0.15, 0.2) is 54.6 Å². The lowest BCUT2D eigenvalue weighted by molar-refractivity contribution is 0.169. The van der Waals surface area contributed by atoms with Gasteiger partial charge in [0.25, 0.3) is 0 Å². The number of likely N-dealkylation sites (N-methyl/N-ethyl adjacent to an activating group) is 2. The third-order valence-corrected chi connectivity index (χ3v) is 10.4. The summed E-state index contributed by atoms with van der Waals surface area (Å²) in [5.74, 6) is 6.23. The number of ether oxygens (including phenoxy) is 8. The predicted molar refractivity (Wildman–Crippen MR) is 190 cm³/mol. The molecule has 264 valence electrons. The van der Waals surface area contributed by atoms with Gasteiger partial charge in [-0.3, -0.25) is 9.80 Å². The summed E-state index contributed by atoms with van der Waals surface area (Å²) in [6.07, 6.45) is 3.42. The summed E-state index contributed by atoms with van der Waals surface area (Å²) in [6, 6.07) is 19.0. The second-order valence-electron chi connectivity index (χ2n) is 13.1. The molecule has 0 unspecified atom stereocenters. The fraction of sp³-hybridized carbons (Fsp3) is 0.400. The Kier molecular flexibility index (Phi) is 9.57. The number of fused-ring (bicyclic) bond motifs is 4. The molecule has 0 amide bonds. The van der Waals surface area contributed by atoms with Crippen LogP contribution in [0.3, 0.4) is 0 Å². The van der Waals surface area contributed by atoms with Crippen LogP contribution in [-0.4, -0.2) is 79.3 Å². The van der Waals surface area contributed by atoms with Crippen molar-refractivity contribution in [2.45, 2.75) is 37.8 Å². The first kappa shape index (κ1) is 33.7. The predicted octanol–water partition coefficient (Wildman–Crippen LogP) is 6.79. The van der Waals surface area contributed by atoms with E-state index in [1.165, 1.54) is 27.8 Å². The van der Waals surface area contributed by atoms with Crippen molar-refractivity contribution in [1.82, 2.24) is 9.80 Å². The van der Waals surface area contributed by atoms with Crippen molar-refractivity contribution in [2.24, 2.45) is 0 Å². The van der Waals surface area contributed by atoms with E-state index in [1.54, 1.807) is 35.5 Å². The largest absolute Gasteiger partial charge is 0.493 e. The number of rotatable bonds is 11.